The van der Waals surface area contributed by atoms with Gasteiger partial charge in [-0.3, -0.25) is 10.1 Å². The summed E-state index contributed by atoms with van der Waals surface area (Å²) in [7, 11) is 0. The van der Waals surface area contributed by atoms with Crippen molar-refractivity contribution in [2.45, 2.75) is 19.9 Å². The maximum absolute atomic E-state index is 13.2. The Morgan fingerprint density at radius 3 is 2.65 bits per heavy atom. The molecule has 2 aromatic rings. The molecule has 0 saturated carbocycles. The van der Waals surface area contributed by atoms with Crippen molar-refractivity contribution in [1.29, 1.82) is 0 Å². The Bertz CT molecular complexity index is 688. The number of aryl methyl sites for hydroxylation is 2. The second kappa shape index (κ2) is 7.85. The Kier molecular flexibility index (Phi) is 5.84. The molecule has 122 valence electrons. The summed E-state index contributed by atoms with van der Waals surface area (Å²) in [5, 5.41) is 15.2. The van der Waals surface area contributed by atoms with E-state index in [1.165, 1.54) is 12.1 Å². The van der Waals surface area contributed by atoms with Crippen molar-refractivity contribution in [1.82, 2.24) is 5.32 Å². The molecule has 0 saturated heterocycles. The van der Waals surface area contributed by atoms with Crippen molar-refractivity contribution in [3.8, 4) is 0 Å². The van der Waals surface area contributed by atoms with Gasteiger partial charge in [0.1, 0.15) is 5.82 Å². The molecule has 0 bridgehead atoms. The molecular formula is C18H21FN2O2. The number of carbonyl (C=O) groups is 1. The quantitative estimate of drug-likeness (QED) is 0.768. The molecule has 0 fully saturated rings. The van der Waals surface area contributed by atoms with E-state index in [9.17, 15) is 14.3 Å². The number of halogens is 1. The molecule has 2 aromatic carbocycles. The van der Waals surface area contributed by atoms with Crippen molar-refractivity contribution >= 4 is 11.6 Å². The summed E-state index contributed by atoms with van der Waals surface area (Å²) < 4.78 is 13.2. The number of benzene rings is 2. The van der Waals surface area contributed by atoms with Gasteiger partial charge in [-0.2, -0.15) is 0 Å². The molecule has 0 aliphatic rings. The van der Waals surface area contributed by atoms with Crippen LogP contribution in [0.25, 0.3) is 0 Å². The van der Waals surface area contributed by atoms with Gasteiger partial charge in [0.05, 0.1) is 19.2 Å². The van der Waals surface area contributed by atoms with E-state index in [0.717, 1.165) is 16.8 Å². The van der Waals surface area contributed by atoms with Crippen LogP contribution < -0.4 is 10.6 Å². The Labute approximate surface area is 135 Å². The molecule has 0 spiro atoms. The standard InChI is InChI=1S/C18H21FN2O2/c1-12-6-7-16(13(2)8-12)21-18(23)10-20-17(11-22)14-4-3-5-15(19)9-14/h3-9,17,20,22H,10-11H2,1-2H3,(H,21,23)/t17-/m0/s1. The van der Waals surface area contributed by atoms with Crippen molar-refractivity contribution in [2.24, 2.45) is 0 Å². The molecule has 0 aliphatic carbocycles. The van der Waals surface area contributed by atoms with E-state index >= 15 is 0 Å². The Morgan fingerprint density at radius 1 is 1.22 bits per heavy atom. The molecule has 1 amide bonds. The molecule has 3 N–H and O–H groups in total. The summed E-state index contributed by atoms with van der Waals surface area (Å²) in [6.07, 6.45) is 0. The molecule has 4 nitrogen and oxygen atoms in total. The molecule has 2 rings (SSSR count). The number of aliphatic hydroxyl groups excluding tert-OH is 1. The van der Waals surface area contributed by atoms with Crippen LogP contribution in [0.5, 0.6) is 0 Å². The van der Waals surface area contributed by atoms with Gasteiger partial charge in [-0.1, -0.05) is 29.8 Å². The number of amides is 1. The fraction of sp³-hybridized carbons (Fsp3) is 0.278. The van der Waals surface area contributed by atoms with Crippen molar-refractivity contribution in [3.05, 3.63) is 65.0 Å². The fourth-order valence-electron chi connectivity index (χ4n) is 2.38. The summed E-state index contributed by atoms with van der Waals surface area (Å²) in [5.41, 5.74) is 3.48. The van der Waals surface area contributed by atoms with Gasteiger partial charge in [0.15, 0.2) is 0 Å². The minimum absolute atomic E-state index is 0.0229. The minimum Gasteiger partial charge on any atom is -0.394 e. The van der Waals surface area contributed by atoms with Crippen LogP contribution in [0.4, 0.5) is 10.1 Å². The monoisotopic (exact) mass is 316 g/mol. The van der Waals surface area contributed by atoms with Gasteiger partial charge in [-0.05, 0) is 43.2 Å². The van der Waals surface area contributed by atoms with Crippen molar-refractivity contribution in [3.63, 3.8) is 0 Å². The van der Waals surface area contributed by atoms with E-state index in [2.05, 4.69) is 10.6 Å². The topological polar surface area (TPSA) is 61.4 Å². The van der Waals surface area contributed by atoms with Crippen LogP contribution in [-0.4, -0.2) is 24.2 Å². The van der Waals surface area contributed by atoms with Crippen LogP contribution in [-0.2, 0) is 4.79 Å². The maximum atomic E-state index is 13.2. The van der Waals surface area contributed by atoms with Gasteiger partial charge in [0.25, 0.3) is 0 Å². The highest BCUT2D eigenvalue weighted by molar-refractivity contribution is 5.93. The highest BCUT2D eigenvalue weighted by atomic mass is 19.1. The van der Waals surface area contributed by atoms with Gasteiger partial charge in [0.2, 0.25) is 5.91 Å². The lowest BCUT2D eigenvalue weighted by Gasteiger charge is -2.17. The number of rotatable bonds is 6. The summed E-state index contributed by atoms with van der Waals surface area (Å²) in [6.45, 7) is 3.72. The van der Waals surface area contributed by atoms with Gasteiger partial charge in [-0.15, -0.1) is 0 Å². The van der Waals surface area contributed by atoms with Crippen LogP contribution in [0.15, 0.2) is 42.5 Å². The SMILES string of the molecule is Cc1ccc(NC(=O)CN[C@@H](CO)c2cccc(F)c2)c(C)c1. The second-order valence-electron chi connectivity index (χ2n) is 5.54. The molecule has 0 unspecified atom stereocenters. The predicted molar refractivity (Wildman–Crippen MR) is 88.8 cm³/mol. The zero-order valence-corrected chi connectivity index (χ0v) is 13.3. The molecule has 0 heterocycles. The maximum Gasteiger partial charge on any atom is 0.238 e. The van der Waals surface area contributed by atoms with E-state index in [-0.39, 0.29) is 24.9 Å². The highest BCUT2D eigenvalue weighted by Crippen LogP contribution is 2.16. The number of carbonyl (C=O) groups excluding carboxylic acids is 1. The normalized spacial score (nSPS) is 12.0. The van der Waals surface area contributed by atoms with Crippen LogP contribution in [0.3, 0.4) is 0 Å². The third-order valence-electron chi connectivity index (χ3n) is 3.60. The average molecular weight is 316 g/mol. The predicted octanol–water partition coefficient (Wildman–Crippen LogP) is 2.70. The Morgan fingerprint density at radius 2 is 2.00 bits per heavy atom. The smallest absolute Gasteiger partial charge is 0.238 e. The lowest BCUT2D eigenvalue weighted by Crippen LogP contribution is -2.33. The van der Waals surface area contributed by atoms with Crippen LogP contribution >= 0.6 is 0 Å². The fourth-order valence-corrected chi connectivity index (χ4v) is 2.38. The summed E-state index contributed by atoms with van der Waals surface area (Å²) >= 11 is 0. The van der Waals surface area contributed by atoms with Gasteiger partial charge in [0, 0.05) is 5.69 Å². The van der Waals surface area contributed by atoms with E-state index in [1.807, 2.05) is 32.0 Å². The Hall–Kier alpha value is -2.24. The third kappa shape index (κ3) is 4.87. The molecule has 0 aromatic heterocycles. The van der Waals surface area contributed by atoms with E-state index in [0.29, 0.717) is 5.56 Å². The van der Waals surface area contributed by atoms with Gasteiger partial charge in [-0.25, -0.2) is 4.39 Å². The zero-order chi connectivity index (χ0) is 16.8. The number of aliphatic hydroxyl groups is 1. The molecule has 5 heteroatoms. The van der Waals surface area contributed by atoms with E-state index in [1.54, 1.807) is 12.1 Å². The van der Waals surface area contributed by atoms with Gasteiger partial charge >= 0.3 is 0 Å². The number of hydrogen-bond donors (Lipinski definition) is 3. The first-order valence-electron chi connectivity index (χ1n) is 7.46. The van der Waals surface area contributed by atoms with Crippen LogP contribution in [0.1, 0.15) is 22.7 Å². The first-order valence-corrected chi connectivity index (χ1v) is 7.46. The first-order chi connectivity index (χ1) is 11.0. The number of hydrogen-bond acceptors (Lipinski definition) is 3. The molecule has 0 aliphatic heterocycles. The number of anilines is 1. The first kappa shape index (κ1) is 17.1. The number of nitrogens with one attached hydrogen (secondary N) is 2. The Balaban J connectivity index is 1.94. The third-order valence-corrected chi connectivity index (χ3v) is 3.60. The van der Waals surface area contributed by atoms with E-state index < -0.39 is 6.04 Å². The molecular weight excluding hydrogens is 295 g/mol. The van der Waals surface area contributed by atoms with Crippen molar-refractivity contribution < 1.29 is 14.3 Å². The summed E-state index contributed by atoms with van der Waals surface area (Å²) in [4.78, 5) is 12.0. The summed E-state index contributed by atoms with van der Waals surface area (Å²) in [5.74, 6) is -0.589. The largest absolute Gasteiger partial charge is 0.394 e. The van der Waals surface area contributed by atoms with E-state index in [4.69, 9.17) is 0 Å². The summed E-state index contributed by atoms with van der Waals surface area (Å²) in [6, 6.07) is 11.3. The van der Waals surface area contributed by atoms with Gasteiger partial charge < -0.3 is 10.4 Å². The zero-order valence-electron chi connectivity index (χ0n) is 13.3. The average Bonchev–Trinajstić information content (AvgIpc) is 2.51. The lowest BCUT2D eigenvalue weighted by atomic mass is 10.1. The van der Waals surface area contributed by atoms with Crippen molar-refractivity contribution in [2.75, 3.05) is 18.5 Å². The lowest BCUT2D eigenvalue weighted by molar-refractivity contribution is -0.115. The molecule has 23 heavy (non-hydrogen) atoms. The highest BCUT2D eigenvalue weighted by Gasteiger charge is 2.13. The second-order valence-corrected chi connectivity index (χ2v) is 5.54. The van der Waals surface area contributed by atoms with Crippen LogP contribution in [0.2, 0.25) is 0 Å². The van der Waals surface area contributed by atoms with Crippen LogP contribution in [0, 0.1) is 19.7 Å². The molecule has 1 atom stereocenters. The molecule has 0 radical (unpaired) electrons. The minimum atomic E-state index is -0.490.